The highest BCUT2D eigenvalue weighted by atomic mass is 16.4. The van der Waals surface area contributed by atoms with Gasteiger partial charge in [0.05, 0.1) is 19.8 Å². The lowest BCUT2D eigenvalue weighted by Crippen LogP contribution is -2.41. The molecule has 0 spiro atoms. The minimum atomic E-state index is -1.08. The van der Waals surface area contributed by atoms with Gasteiger partial charge in [-0.15, -0.1) is 0 Å². The number of Topliss-reactive ketones (excluding diaryl/α,β-unsaturated/α-hetero) is 1. The van der Waals surface area contributed by atoms with E-state index in [9.17, 15) is 9.59 Å². The van der Waals surface area contributed by atoms with Gasteiger partial charge in [0.1, 0.15) is 0 Å². The third kappa shape index (κ3) is 21.9. The van der Waals surface area contributed by atoms with Gasteiger partial charge >= 0.3 is 5.97 Å². The van der Waals surface area contributed by atoms with Crippen LogP contribution in [0.25, 0.3) is 0 Å². The number of carboxylic acid groups (broad SMARTS) is 1. The Hall–Kier alpha value is -1.06. The molecule has 0 aliphatic carbocycles. The van der Waals surface area contributed by atoms with Crippen molar-refractivity contribution in [2.24, 2.45) is 0 Å². The summed E-state index contributed by atoms with van der Waals surface area (Å²) in [5.41, 5.74) is 0. The first kappa shape index (κ1) is 32.1. The van der Waals surface area contributed by atoms with Gasteiger partial charge in [-0.3, -0.25) is 14.5 Å². The second-order valence-corrected chi connectivity index (χ2v) is 7.82. The van der Waals surface area contributed by atoms with Crippen LogP contribution in [-0.2, 0) is 9.59 Å². The maximum Gasteiger partial charge on any atom is 0.328 e. The summed E-state index contributed by atoms with van der Waals surface area (Å²) in [5.74, 6) is -1.29. The van der Waals surface area contributed by atoms with Crippen molar-refractivity contribution in [1.82, 2.24) is 10.2 Å². The second-order valence-electron chi connectivity index (χ2n) is 7.82. The number of nitrogens with one attached hydrogen (secondary N) is 1. The van der Waals surface area contributed by atoms with Crippen LogP contribution in [-0.4, -0.2) is 89.6 Å². The fourth-order valence-electron chi connectivity index (χ4n) is 3.29. The topological polar surface area (TPSA) is 130 Å². The van der Waals surface area contributed by atoms with Crippen molar-refractivity contribution in [2.45, 2.75) is 90.0 Å². The fraction of sp³-hybridized carbons (Fsp3) is 0.913. The van der Waals surface area contributed by atoms with Crippen molar-refractivity contribution in [2.75, 3.05) is 46.5 Å². The highest BCUT2D eigenvalue weighted by molar-refractivity contribution is 6.02. The molecule has 1 unspecified atom stereocenters. The van der Waals surface area contributed by atoms with Gasteiger partial charge in [-0.25, -0.2) is 0 Å². The molecular formula is C23H48N2O6. The molecule has 0 aromatic rings. The summed E-state index contributed by atoms with van der Waals surface area (Å²) in [7, 11) is 1.51. The lowest BCUT2D eigenvalue weighted by molar-refractivity contribution is -0.143. The first-order valence-electron chi connectivity index (χ1n) is 12.0. The zero-order valence-electron chi connectivity index (χ0n) is 19.9. The molecule has 8 nitrogen and oxygen atoms in total. The lowest BCUT2D eigenvalue weighted by Gasteiger charge is -2.17. The Bertz CT molecular complexity index is 395. The number of rotatable bonds is 21. The van der Waals surface area contributed by atoms with Crippen LogP contribution in [0.15, 0.2) is 0 Å². The van der Waals surface area contributed by atoms with Gasteiger partial charge in [0, 0.05) is 26.1 Å². The molecule has 31 heavy (non-hydrogen) atoms. The first-order chi connectivity index (χ1) is 15.0. The van der Waals surface area contributed by atoms with E-state index in [2.05, 4.69) is 12.2 Å². The predicted octanol–water partition coefficient (Wildman–Crippen LogP) is 2.19. The molecule has 1 atom stereocenters. The maximum atomic E-state index is 11.6. The van der Waals surface area contributed by atoms with E-state index >= 15 is 0 Å². The van der Waals surface area contributed by atoms with E-state index in [4.69, 9.17) is 20.4 Å². The Kier molecular flexibility index (Phi) is 26.1. The van der Waals surface area contributed by atoms with E-state index in [1.165, 1.54) is 58.4 Å². The molecule has 0 saturated heterocycles. The van der Waals surface area contributed by atoms with E-state index in [1.807, 2.05) is 0 Å². The molecule has 186 valence electrons. The highest BCUT2D eigenvalue weighted by Crippen LogP contribution is 2.12. The maximum absolute atomic E-state index is 11.6. The van der Waals surface area contributed by atoms with E-state index < -0.39 is 12.0 Å². The number of carbonyl (C=O) groups excluding carboxylic acids is 1. The zero-order valence-corrected chi connectivity index (χ0v) is 19.9. The molecule has 0 rings (SSSR count). The van der Waals surface area contributed by atoms with Crippen molar-refractivity contribution >= 4 is 11.8 Å². The van der Waals surface area contributed by atoms with Gasteiger partial charge in [-0.1, -0.05) is 71.1 Å². The third-order valence-electron chi connectivity index (χ3n) is 5.13. The largest absolute Gasteiger partial charge is 0.480 e. The summed E-state index contributed by atoms with van der Waals surface area (Å²) in [5, 5.41) is 36.8. The summed E-state index contributed by atoms with van der Waals surface area (Å²) in [6.45, 7) is 3.99. The second kappa shape index (κ2) is 25.2. The number of likely N-dealkylation sites (N-methyl/N-ethyl adjacent to an activating group) is 1. The van der Waals surface area contributed by atoms with Crippen LogP contribution in [0.1, 0.15) is 84.0 Å². The SMILES string of the molecule is CCCCCCCCCCCCCC(=O)C(NC)C(=O)O.OCCN(CCO)CCO. The molecule has 0 bridgehead atoms. The average molecular weight is 449 g/mol. The molecule has 0 heterocycles. The number of aliphatic hydroxyl groups excluding tert-OH is 3. The summed E-state index contributed by atoms with van der Waals surface area (Å²) in [6, 6.07) is -1.03. The summed E-state index contributed by atoms with van der Waals surface area (Å²) in [4.78, 5) is 24.2. The molecule has 0 amide bonds. The predicted molar refractivity (Wildman–Crippen MR) is 124 cm³/mol. The van der Waals surface area contributed by atoms with Gasteiger partial charge in [0.2, 0.25) is 0 Å². The monoisotopic (exact) mass is 448 g/mol. The van der Waals surface area contributed by atoms with Crippen LogP contribution in [0.3, 0.4) is 0 Å². The third-order valence-corrected chi connectivity index (χ3v) is 5.13. The van der Waals surface area contributed by atoms with Crippen molar-refractivity contribution < 1.29 is 30.0 Å². The Balaban J connectivity index is 0. The number of hydrogen-bond acceptors (Lipinski definition) is 7. The van der Waals surface area contributed by atoms with Crippen LogP contribution < -0.4 is 5.32 Å². The van der Waals surface area contributed by atoms with E-state index in [0.29, 0.717) is 26.1 Å². The molecule has 0 radical (unpaired) electrons. The van der Waals surface area contributed by atoms with Crippen molar-refractivity contribution in [1.29, 1.82) is 0 Å². The number of carbonyl (C=O) groups is 2. The van der Waals surface area contributed by atoms with Gasteiger partial charge < -0.3 is 25.7 Å². The minimum absolute atomic E-state index is 0.0694. The standard InChI is InChI=1S/C17H33NO3.C6H15NO3/c1-3-4-5-6-7-8-9-10-11-12-13-14-15(19)16(18-2)17(20)21;8-4-1-7(2-5-9)3-6-10/h16,18H,3-14H2,1-2H3,(H,20,21);8-10H,1-6H2. The normalized spacial score (nSPS) is 11.8. The molecule has 8 heteroatoms. The van der Waals surface area contributed by atoms with Gasteiger partial charge in [-0.05, 0) is 13.5 Å². The Morgan fingerprint density at radius 3 is 1.45 bits per heavy atom. The molecule has 5 N–H and O–H groups in total. The van der Waals surface area contributed by atoms with Crippen molar-refractivity contribution in [3.8, 4) is 0 Å². The molecule has 0 fully saturated rings. The van der Waals surface area contributed by atoms with Crippen molar-refractivity contribution in [3.63, 3.8) is 0 Å². The first-order valence-corrected chi connectivity index (χ1v) is 12.0. The van der Waals surface area contributed by atoms with Gasteiger partial charge in [-0.2, -0.15) is 0 Å². The average Bonchev–Trinajstić information content (AvgIpc) is 2.73. The number of aliphatic carboxylic acids is 1. The number of ketones is 1. The smallest absolute Gasteiger partial charge is 0.328 e. The quantitative estimate of drug-likeness (QED) is 0.133. The van der Waals surface area contributed by atoms with Crippen LogP contribution in [0.4, 0.5) is 0 Å². The van der Waals surface area contributed by atoms with Crippen LogP contribution in [0, 0.1) is 0 Å². The van der Waals surface area contributed by atoms with Crippen LogP contribution in [0.2, 0.25) is 0 Å². The highest BCUT2D eigenvalue weighted by Gasteiger charge is 2.22. The molecule has 0 aliphatic rings. The van der Waals surface area contributed by atoms with Gasteiger partial charge in [0.15, 0.2) is 11.8 Å². The number of aliphatic hydroxyl groups is 3. The summed E-state index contributed by atoms with van der Waals surface area (Å²) < 4.78 is 0. The zero-order chi connectivity index (χ0) is 23.7. The van der Waals surface area contributed by atoms with E-state index in [0.717, 1.165) is 19.3 Å². The lowest BCUT2D eigenvalue weighted by atomic mass is 10.0. The molecule has 0 saturated carbocycles. The Morgan fingerprint density at radius 2 is 1.13 bits per heavy atom. The molecule has 0 aromatic heterocycles. The summed E-state index contributed by atoms with van der Waals surface area (Å²) >= 11 is 0. The molecule has 0 aliphatic heterocycles. The number of unbranched alkanes of at least 4 members (excludes halogenated alkanes) is 10. The fourth-order valence-corrected chi connectivity index (χ4v) is 3.29. The van der Waals surface area contributed by atoms with Gasteiger partial charge in [0.25, 0.3) is 0 Å². The van der Waals surface area contributed by atoms with Crippen LogP contribution >= 0.6 is 0 Å². The Labute approximate surface area is 189 Å². The Morgan fingerprint density at radius 1 is 0.742 bits per heavy atom. The minimum Gasteiger partial charge on any atom is -0.480 e. The molecule has 0 aromatic carbocycles. The number of hydrogen-bond donors (Lipinski definition) is 5. The summed E-state index contributed by atoms with van der Waals surface area (Å²) in [6.07, 6.45) is 13.9. The van der Waals surface area contributed by atoms with E-state index in [1.54, 1.807) is 4.90 Å². The number of carboxylic acids is 1. The number of nitrogens with zero attached hydrogens (tertiary/aromatic N) is 1. The van der Waals surface area contributed by atoms with E-state index in [-0.39, 0.29) is 25.6 Å². The van der Waals surface area contributed by atoms with Crippen molar-refractivity contribution in [3.05, 3.63) is 0 Å². The molecular weight excluding hydrogens is 400 g/mol. The van der Waals surface area contributed by atoms with Crippen LogP contribution in [0.5, 0.6) is 0 Å².